The first kappa shape index (κ1) is 16.8. The standard InChI is InChI=1S/C15H16N6S2/c1-11(13-9-5-6-10-16-13)18-20-15(23)21-19-14(22)17-12-7-3-2-4-8-12/h2-10H,1H3,(H2,17,19,22)(H2,20,21,23)/b18-11+. The van der Waals surface area contributed by atoms with Gasteiger partial charge in [0.25, 0.3) is 0 Å². The molecule has 0 aliphatic carbocycles. The van der Waals surface area contributed by atoms with E-state index in [4.69, 9.17) is 24.4 Å². The average Bonchev–Trinajstić information content (AvgIpc) is 2.59. The number of nitrogens with one attached hydrogen (secondary N) is 4. The summed E-state index contributed by atoms with van der Waals surface area (Å²) >= 11 is 10.3. The highest BCUT2D eigenvalue weighted by atomic mass is 32.1. The second-order valence-electron chi connectivity index (χ2n) is 4.42. The third-order valence-corrected chi connectivity index (χ3v) is 3.08. The quantitative estimate of drug-likeness (QED) is 0.386. The summed E-state index contributed by atoms with van der Waals surface area (Å²) in [5.74, 6) is 0. The molecule has 2 aromatic rings. The first-order valence-corrected chi connectivity index (χ1v) is 7.60. The van der Waals surface area contributed by atoms with Crippen molar-refractivity contribution in [1.82, 2.24) is 21.3 Å². The van der Waals surface area contributed by atoms with Crippen molar-refractivity contribution in [3.63, 3.8) is 0 Å². The number of pyridine rings is 1. The first-order valence-electron chi connectivity index (χ1n) is 6.79. The minimum atomic E-state index is 0.289. The van der Waals surface area contributed by atoms with Crippen molar-refractivity contribution < 1.29 is 0 Å². The van der Waals surface area contributed by atoms with Crippen LogP contribution in [0.3, 0.4) is 0 Å². The highest BCUT2D eigenvalue weighted by Crippen LogP contribution is 2.03. The molecule has 0 bridgehead atoms. The van der Waals surface area contributed by atoms with Crippen LogP contribution in [0.1, 0.15) is 12.6 Å². The monoisotopic (exact) mass is 344 g/mol. The number of anilines is 1. The van der Waals surface area contributed by atoms with Crippen LogP contribution in [0.25, 0.3) is 0 Å². The van der Waals surface area contributed by atoms with Crippen molar-refractivity contribution in [2.24, 2.45) is 5.10 Å². The number of nitrogens with zero attached hydrogens (tertiary/aromatic N) is 2. The molecular weight excluding hydrogens is 328 g/mol. The predicted molar refractivity (Wildman–Crippen MR) is 101 cm³/mol. The zero-order valence-corrected chi connectivity index (χ0v) is 14.0. The summed E-state index contributed by atoms with van der Waals surface area (Å²) in [6, 6.07) is 15.2. The maximum Gasteiger partial charge on any atom is 0.205 e. The lowest BCUT2D eigenvalue weighted by atomic mass is 10.3. The summed E-state index contributed by atoms with van der Waals surface area (Å²) in [6.45, 7) is 1.84. The molecule has 4 N–H and O–H groups in total. The summed E-state index contributed by atoms with van der Waals surface area (Å²) in [5, 5.41) is 7.85. The van der Waals surface area contributed by atoms with Crippen LogP contribution in [0.4, 0.5) is 5.69 Å². The van der Waals surface area contributed by atoms with Crippen molar-refractivity contribution in [3.05, 3.63) is 60.4 Å². The number of hydrogen-bond donors (Lipinski definition) is 4. The fourth-order valence-corrected chi connectivity index (χ4v) is 1.86. The van der Waals surface area contributed by atoms with Gasteiger partial charge in [0.2, 0.25) is 5.11 Å². The van der Waals surface area contributed by atoms with E-state index >= 15 is 0 Å². The molecule has 0 unspecified atom stereocenters. The SMILES string of the molecule is C/C(=N\NC(=S)NNC(=S)Nc1ccccc1)c1ccccn1. The molecule has 0 atom stereocenters. The van der Waals surface area contributed by atoms with Gasteiger partial charge in [-0.25, -0.2) is 0 Å². The van der Waals surface area contributed by atoms with Gasteiger partial charge in [-0.3, -0.25) is 21.3 Å². The van der Waals surface area contributed by atoms with Gasteiger partial charge in [-0.1, -0.05) is 24.3 Å². The van der Waals surface area contributed by atoms with Gasteiger partial charge in [-0.15, -0.1) is 0 Å². The molecule has 0 amide bonds. The Balaban J connectivity index is 1.76. The van der Waals surface area contributed by atoms with Gasteiger partial charge in [-0.05, 0) is 55.6 Å². The fourth-order valence-electron chi connectivity index (χ4n) is 1.59. The highest BCUT2D eigenvalue weighted by molar-refractivity contribution is 7.80. The molecule has 0 radical (unpaired) electrons. The van der Waals surface area contributed by atoms with Crippen LogP contribution in [-0.2, 0) is 0 Å². The largest absolute Gasteiger partial charge is 0.331 e. The lowest BCUT2D eigenvalue weighted by molar-refractivity contribution is 0.834. The normalized spacial score (nSPS) is 10.6. The molecular formula is C15H16N6S2. The number of benzene rings is 1. The summed E-state index contributed by atoms with van der Waals surface area (Å²) in [7, 11) is 0. The predicted octanol–water partition coefficient (Wildman–Crippen LogP) is 2.17. The van der Waals surface area contributed by atoms with Crippen LogP contribution in [0.5, 0.6) is 0 Å². The number of hydrogen-bond acceptors (Lipinski definition) is 4. The molecule has 1 aromatic heterocycles. The average molecular weight is 344 g/mol. The molecule has 118 valence electrons. The molecule has 6 nitrogen and oxygen atoms in total. The summed E-state index contributed by atoms with van der Waals surface area (Å²) in [6.07, 6.45) is 1.71. The van der Waals surface area contributed by atoms with Gasteiger partial charge < -0.3 is 5.32 Å². The van der Waals surface area contributed by atoms with Crippen molar-refractivity contribution in [2.45, 2.75) is 6.92 Å². The van der Waals surface area contributed by atoms with Crippen molar-refractivity contribution in [1.29, 1.82) is 0 Å². The molecule has 0 saturated heterocycles. The number of rotatable bonds is 3. The van der Waals surface area contributed by atoms with Gasteiger partial charge in [-0.2, -0.15) is 5.10 Å². The van der Waals surface area contributed by atoms with Crippen LogP contribution < -0.4 is 21.6 Å². The fraction of sp³-hybridized carbons (Fsp3) is 0.0667. The maximum absolute atomic E-state index is 5.15. The summed E-state index contributed by atoms with van der Waals surface area (Å²) < 4.78 is 0. The zero-order valence-electron chi connectivity index (χ0n) is 12.4. The number of aromatic nitrogens is 1. The van der Waals surface area contributed by atoms with E-state index < -0.39 is 0 Å². The molecule has 0 aliphatic heterocycles. The van der Waals surface area contributed by atoms with Crippen LogP contribution >= 0.6 is 24.4 Å². The van der Waals surface area contributed by atoms with Gasteiger partial charge in [0.1, 0.15) is 0 Å². The Bertz CT molecular complexity index is 688. The minimum Gasteiger partial charge on any atom is -0.331 e. The molecule has 0 aliphatic rings. The number of para-hydroxylation sites is 1. The van der Waals surface area contributed by atoms with Crippen molar-refractivity contribution in [3.8, 4) is 0 Å². The van der Waals surface area contributed by atoms with E-state index in [2.05, 4.69) is 31.7 Å². The highest BCUT2D eigenvalue weighted by Gasteiger charge is 2.00. The van der Waals surface area contributed by atoms with E-state index in [0.29, 0.717) is 5.11 Å². The Labute approximate surface area is 145 Å². The Morgan fingerprint density at radius 1 is 0.957 bits per heavy atom. The Hall–Kier alpha value is -2.58. The van der Waals surface area contributed by atoms with Crippen LogP contribution in [0.15, 0.2) is 59.8 Å². The smallest absolute Gasteiger partial charge is 0.205 e. The summed E-state index contributed by atoms with van der Waals surface area (Å²) in [4.78, 5) is 4.20. The second-order valence-corrected chi connectivity index (χ2v) is 5.24. The third-order valence-electron chi connectivity index (χ3n) is 2.68. The topological polar surface area (TPSA) is 73.4 Å². The van der Waals surface area contributed by atoms with Crippen molar-refractivity contribution >= 4 is 46.1 Å². The van der Waals surface area contributed by atoms with Crippen molar-refractivity contribution in [2.75, 3.05) is 5.32 Å². The van der Waals surface area contributed by atoms with Gasteiger partial charge in [0.15, 0.2) is 5.11 Å². The van der Waals surface area contributed by atoms with Gasteiger partial charge in [0.05, 0.1) is 11.4 Å². The first-order chi connectivity index (χ1) is 11.1. The Kier molecular flexibility index (Phi) is 6.40. The van der Waals surface area contributed by atoms with E-state index in [1.807, 2.05) is 55.5 Å². The van der Waals surface area contributed by atoms with Gasteiger partial charge >= 0.3 is 0 Å². The Morgan fingerprint density at radius 2 is 1.65 bits per heavy atom. The Morgan fingerprint density at radius 3 is 2.35 bits per heavy atom. The van der Waals surface area contributed by atoms with E-state index in [1.54, 1.807) is 6.20 Å². The number of hydrazine groups is 1. The second kappa shape index (κ2) is 8.76. The van der Waals surface area contributed by atoms with Crippen LogP contribution in [0.2, 0.25) is 0 Å². The molecule has 0 fully saturated rings. The molecule has 23 heavy (non-hydrogen) atoms. The van der Waals surface area contributed by atoms with E-state index in [9.17, 15) is 0 Å². The van der Waals surface area contributed by atoms with Gasteiger partial charge in [0, 0.05) is 11.9 Å². The van der Waals surface area contributed by atoms with E-state index in [1.165, 1.54) is 0 Å². The molecule has 8 heteroatoms. The lowest BCUT2D eigenvalue weighted by Crippen LogP contribution is -2.47. The maximum atomic E-state index is 5.15. The molecule has 0 saturated carbocycles. The zero-order chi connectivity index (χ0) is 16.5. The van der Waals surface area contributed by atoms with E-state index in [0.717, 1.165) is 17.1 Å². The molecule has 1 aromatic carbocycles. The minimum absolute atomic E-state index is 0.289. The van der Waals surface area contributed by atoms with E-state index in [-0.39, 0.29) is 5.11 Å². The van der Waals surface area contributed by atoms with Crippen LogP contribution in [-0.4, -0.2) is 20.9 Å². The lowest BCUT2D eigenvalue weighted by Gasteiger charge is -2.12. The van der Waals surface area contributed by atoms with Crippen LogP contribution in [0, 0.1) is 0 Å². The number of hydrazone groups is 1. The number of thiocarbonyl (C=S) groups is 2. The molecule has 1 heterocycles. The molecule has 0 spiro atoms. The summed E-state index contributed by atoms with van der Waals surface area (Å²) in [5.41, 5.74) is 10.6. The third kappa shape index (κ3) is 5.97. The molecule has 2 rings (SSSR count).